The van der Waals surface area contributed by atoms with Crippen LogP contribution in [-0.4, -0.2) is 24.6 Å². The third kappa shape index (κ3) is 2.11. The number of nitrogens with one attached hydrogen (secondary N) is 1. The Kier molecular flexibility index (Phi) is 3.46. The summed E-state index contributed by atoms with van der Waals surface area (Å²) in [7, 11) is 0. The largest absolute Gasteiger partial charge is 0.315 e. The van der Waals surface area contributed by atoms with Crippen molar-refractivity contribution in [2.45, 2.75) is 6.04 Å². The average Bonchev–Trinajstić information content (AvgIpc) is 2.74. The first kappa shape index (κ1) is 10.0. The topological polar surface area (TPSA) is 28.2 Å². The maximum Gasteiger partial charge on any atom is 0.209 e. The van der Waals surface area contributed by atoms with E-state index in [1.807, 2.05) is 17.8 Å². The molecule has 0 radical (unpaired) electrons. The lowest BCUT2D eigenvalue weighted by atomic mass is 10.2. The van der Waals surface area contributed by atoms with Gasteiger partial charge in [0, 0.05) is 11.5 Å². The highest BCUT2D eigenvalue weighted by Crippen LogP contribution is 2.16. The highest BCUT2D eigenvalue weighted by Gasteiger charge is 2.26. The predicted molar refractivity (Wildman–Crippen MR) is 60.7 cm³/mol. The number of hydrogen-bond donors (Lipinski definition) is 1. The van der Waals surface area contributed by atoms with Gasteiger partial charge in [0.05, 0.1) is 18.0 Å². The molecule has 0 spiro atoms. The average molecular weight is 225 g/mol. The molecular weight excluding hydrogens is 212 g/mol. The maximum absolute atomic E-state index is 9.18. The molecule has 1 saturated heterocycles. The summed E-state index contributed by atoms with van der Waals surface area (Å²) in [5.41, 5.74) is 0. The molecule has 0 saturated carbocycles. The Labute approximate surface area is 92.5 Å². The van der Waals surface area contributed by atoms with E-state index in [9.17, 15) is 5.26 Å². The summed E-state index contributed by atoms with van der Waals surface area (Å²) < 4.78 is 0. The minimum atomic E-state index is 0.0656. The van der Waals surface area contributed by atoms with Gasteiger partial charge in [0.1, 0.15) is 6.07 Å². The molecule has 1 aliphatic rings. The SMILES string of the molecule is N#C[C@H](c1cccs1)[NH+]1CCSCC1. The van der Waals surface area contributed by atoms with Crippen LogP contribution in [0.1, 0.15) is 10.9 Å². The number of rotatable bonds is 2. The molecular formula is C10H13N2S2+. The molecule has 1 fully saturated rings. The van der Waals surface area contributed by atoms with Gasteiger partial charge in [0.2, 0.25) is 6.04 Å². The van der Waals surface area contributed by atoms with E-state index in [1.165, 1.54) is 21.3 Å². The fourth-order valence-electron chi connectivity index (χ4n) is 1.73. The molecule has 2 heterocycles. The van der Waals surface area contributed by atoms with Crippen molar-refractivity contribution in [3.8, 4) is 6.07 Å². The van der Waals surface area contributed by atoms with Gasteiger partial charge in [0.15, 0.2) is 0 Å². The van der Waals surface area contributed by atoms with Crippen molar-refractivity contribution in [2.75, 3.05) is 24.6 Å². The van der Waals surface area contributed by atoms with Gasteiger partial charge in [-0.05, 0) is 11.4 Å². The number of hydrogen-bond acceptors (Lipinski definition) is 3. The molecule has 4 heteroatoms. The molecule has 2 rings (SSSR count). The Morgan fingerprint density at radius 1 is 1.43 bits per heavy atom. The van der Waals surface area contributed by atoms with E-state index in [1.54, 1.807) is 11.3 Å². The van der Waals surface area contributed by atoms with Crippen LogP contribution in [0, 0.1) is 11.3 Å². The summed E-state index contributed by atoms with van der Waals surface area (Å²) in [6.07, 6.45) is 0. The van der Waals surface area contributed by atoms with Crippen LogP contribution < -0.4 is 4.90 Å². The van der Waals surface area contributed by atoms with Gasteiger partial charge in [0.25, 0.3) is 0 Å². The quantitative estimate of drug-likeness (QED) is 0.811. The lowest BCUT2D eigenvalue weighted by Gasteiger charge is -2.26. The Morgan fingerprint density at radius 3 is 2.79 bits per heavy atom. The molecule has 0 aliphatic carbocycles. The van der Waals surface area contributed by atoms with E-state index in [2.05, 4.69) is 17.5 Å². The van der Waals surface area contributed by atoms with Crippen LogP contribution in [0.5, 0.6) is 0 Å². The third-order valence-electron chi connectivity index (χ3n) is 2.50. The van der Waals surface area contributed by atoms with Crippen molar-refractivity contribution in [3.63, 3.8) is 0 Å². The summed E-state index contributed by atoms with van der Waals surface area (Å²) in [6, 6.07) is 6.61. The van der Waals surface area contributed by atoms with Crippen molar-refractivity contribution >= 4 is 23.1 Å². The summed E-state index contributed by atoms with van der Waals surface area (Å²) >= 11 is 3.70. The van der Waals surface area contributed by atoms with E-state index >= 15 is 0 Å². The smallest absolute Gasteiger partial charge is 0.209 e. The Bertz CT molecular complexity index is 309. The van der Waals surface area contributed by atoms with E-state index in [-0.39, 0.29) is 6.04 Å². The van der Waals surface area contributed by atoms with E-state index in [4.69, 9.17) is 0 Å². The van der Waals surface area contributed by atoms with Crippen molar-refractivity contribution in [2.24, 2.45) is 0 Å². The number of thiophene rings is 1. The highest BCUT2D eigenvalue weighted by molar-refractivity contribution is 7.99. The summed E-state index contributed by atoms with van der Waals surface area (Å²) in [5, 5.41) is 11.2. The zero-order chi connectivity index (χ0) is 9.80. The van der Waals surface area contributed by atoms with Crippen molar-refractivity contribution in [1.82, 2.24) is 0 Å². The van der Waals surface area contributed by atoms with Gasteiger partial charge in [-0.3, -0.25) is 0 Å². The molecule has 1 aromatic heterocycles. The molecule has 0 bridgehead atoms. The third-order valence-corrected chi connectivity index (χ3v) is 4.42. The first-order valence-corrected chi connectivity index (χ1v) is 6.80. The summed E-state index contributed by atoms with van der Waals surface area (Å²) in [6.45, 7) is 2.25. The van der Waals surface area contributed by atoms with Gasteiger partial charge in [-0.15, -0.1) is 11.3 Å². The van der Waals surface area contributed by atoms with Crippen molar-refractivity contribution in [3.05, 3.63) is 22.4 Å². The first-order chi connectivity index (χ1) is 6.92. The number of nitriles is 1. The van der Waals surface area contributed by atoms with Crippen LogP contribution >= 0.6 is 23.1 Å². The Morgan fingerprint density at radius 2 is 2.21 bits per heavy atom. The molecule has 14 heavy (non-hydrogen) atoms. The lowest BCUT2D eigenvalue weighted by Crippen LogP contribution is -3.13. The monoisotopic (exact) mass is 225 g/mol. The van der Waals surface area contributed by atoms with E-state index in [0.717, 1.165) is 13.1 Å². The molecule has 0 amide bonds. The first-order valence-electron chi connectivity index (χ1n) is 4.77. The van der Waals surface area contributed by atoms with Crippen LogP contribution in [0.15, 0.2) is 17.5 Å². The lowest BCUT2D eigenvalue weighted by molar-refractivity contribution is -0.919. The zero-order valence-corrected chi connectivity index (χ0v) is 9.53. The van der Waals surface area contributed by atoms with Crippen molar-refractivity contribution in [1.29, 1.82) is 5.26 Å². The molecule has 2 nitrogen and oxygen atoms in total. The van der Waals surface area contributed by atoms with Gasteiger partial charge in [-0.25, -0.2) is 0 Å². The molecule has 1 atom stereocenters. The van der Waals surface area contributed by atoms with E-state index in [0.29, 0.717) is 0 Å². The summed E-state index contributed by atoms with van der Waals surface area (Å²) in [4.78, 5) is 2.66. The van der Waals surface area contributed by atoms with Gasteiger partial charge < -0.3 is 4.90 Å². The van der Waals surface area contributed by atoms with Gasteiger partial charge >= 0.3 is 0 Å². The molecule has 0 unspecified atom stereocenters. The van der Waals surface area contributed by atoms with Crippen LogP contribution in [-0.2, 0) is 0 Å². The molecule has 0 aromatic carbocycles. The van der Waals surface area contributed by atoms with Gasteiger partial charge in [-0.1, -0.05) is 6.07 Å². The molecule has 1 aliphatic heterocycles. The Balaban J connectivity index is 2.09. The molecule has 1 aromatic rings. The standard InChI is InChI=1S/C10H12N2S2/c11-8-9(10-2-1-5-14-10)12-3-6-13-7-4-12/h1-2,5,9H,3-4,6-7H2/p+1/t9-/m1/s1. The predicted octanol–water partition coefficient (Wildman–Crippen LogP) is 0.944. The second-order valence-electron chi connectivity index (χ2n) is 3.35. The number of thioether (sulfide) groups is 1. The second-order valence-corrected chi connectivity index (χ2v) is 5.55. The molecule has 1 N–H and O–H groups in total. The van der Waals surface area contributed by atoms with E-state index < -0.39 is 0 Å². The maximum atomic E-state index is 9.18. The van der Waals surface area contributed by atoms with Gasteiger partial charge in [-0.2, -0.15) is 17.0 Å². The second kappa shape index (κ2) is 4.83. The van der Waals surface area contributed by atoms with Crippen molar-refractivity contribution < 1.29 is 4.90 Å². The highest BCUT2D eigenvalue weighted by atomic mass is 32.2. The molecule has 74 valence electrons. The minimum absolute atomic E-state index is 0.0656. The van der Waals surface area contributed by atoms with Crippen LogP contribution in [0.25, 0.3) is 0 Å². The van der Waals surface area contributed by atoms with Crippen LogP contribution in [0.3, 0.4) is 0 Å². The van der Waals surface area contributed by atoms with Crippen LogP contribution in [0.2, 0.25) is 0 Å². The normalized spacial score (nSPS) is 20.2. The Hall–Kier alpha value is -0.500. The number of quaternary nitrogens is 1. The fraction of sp³-hybridized carbons (Fsp3) is 0.500. The summed E-state index contributed by atoms with van der Waals surface area (Å²) in [5.74, 6) is 2.39. The fourth-order valence-corrected chi connectivity index (χ4v) is 3.58. The minimum Gasteiger partial charge on any atom is -0.315 e. The zero-order valence-electron chi connectivity index (χ0n) is 7.90. The van der Waals surface area contributed by atoms with Crippen LogP contribution in [0.4, 0.5) is 0 Å². The number of nitrogens with zero attached hydrogens (tertiary/aromatic N) is 1.